The van der Waals surface area contributed by atoms with Crippen LogP contribution in [0.5, 0.6) is 0 Å². The van der Waals surface area contributed by atoms with Crippen LogP contribution >= 0.6 is 11.6 Å². The summed E-state index contributed by atoms with van der Waals surface area (Å²) in [6.45, 7) is 5.29. The second-order valence-electron chi connectivity index (χ2n) is 5.14. The van der Waals surface area contributed by atoms with E-state index in [2.05, 4.69) is 11.8 Å². The highest BCUT2D eigenvalue weighted by atomic mass is 35.5. The van der Waals surface area contributed by atoms with Gasteiger partial charge in [0.05, 0.1) is 30.0 Å². The lowest BCUT2D eigenvalue weighted by atomic mass is 10.1. The molecule has 1 fully saturated rings. The quantitative estimate of drug-likeness (QED) is 0.891. The first-order valence-electron chi connectivity index (χ1n) is 6.57. The highest BCUT2D eigenvalue weighted by molar-refractivity contribution is 6.33. The van der Waals surface area contributed by atoms with Gasteiger partial charge in [-0.05, 0) is 31.5 Å². The van der Waals surface area contributed by atoms with Gasteiger partial charge >= 0.3 is 0 Å². The summed E-state index contributed by atoms with van der Waals surface area (Å²) in [5.74, 6) is 0. The molecule has 2 unspecified atom stereocenters. The zero-order valence-corrected chi connectivity index (χ0v) is 12.1. The number of nitrogens with two attached hydrogens (primary N) is 1. The van der Waals surface area contributed by atoms with Crippen LogP contribution in [-0.2, 0) is 4.74 Å². The fourth-order valence-corrected chi connectivity index (χ4v) is 2.60. The predicted octanol–water partition coefficient (Wildman–Crippen LogP) is 1.95. The first kappa shape index (κ1) is 14.6. The van der Waals surface area contributed by atoms with Crippen LogP contribution in [0.15, 0.2) is 18.2 Å². The molecular formula is C14H21ClN2O2. The standard InChI is InChI=1S/C14H21ClN2O2/c1-9-8-19-12(7-18)6-17(9)14-4-3-11(10(2)16)5-13(14)15/h3-5,9-10,12,18H,6-8,16H2,1-2H3/t9?,10-,12?/m0/s1. The van der Waals surface area contributed by atoms with Gasteiger partial charge in [0.15, 0.2) is 0 Å². The molecule has 4 nitrogen and oxygen atoms in total. The van der Waals surface area contributed by atoms with Gasteiger partial charge in [-0.1, -0.05) is 17.7 Å². The fraction of sp³-hybridized carbons (Fsp3) is 0.571. The van der Waals surface area contributed by atoms with Gasteiger partial charge in [-0.25, -0.2) is 0 Å². The largest absolute Gasteiger partial charge is 0.394 e. The van der Waals surface area contributed by atoms with Crippen molar-refractivity contribution in [2.75, 3.05) is 24.7 Å². The van der Waals surface area contributed by atoms with Crippen LogP contribution in [0, 0.1) is 0 Å². The fourth-order valence-electron chi connectivity index (χ4n) is 2.30. The minimum absolute atomic E-state index is 0.0265. The summed E-state index contributed by atoms with van der Waals surface area (Å²) in [6, 6.07) is 6.12. The predicted molar refractivity (Wildman–Crippen MR) is 77.7 cm³/mol. The first-order chi connectivity index (χ1) is 9.02. The minimum atomic E-state index is -0.152. The number of rotatable bonds is 3. The number of benzene rings is 1. The van der Waals surface area contributed by atoms with Crippen LogP contribution in [-0.4, -0.2) is 37.0 Å². The second kappa shape index (κ2) is 6.09. The number of hydrogen-bond donors (Lipinski definition) is 2. The van der Waals surface area contributed by atoms with Gasteiger partial charge < -0.3 is 20.5 Å². The molecule has 19 heavy (non-hydrogen) atoms. The summed E-state index contributed by atoms with van der Waals surface area (Å²) < 4.78 is 5.54. The molecule has 1 saturated heterocycles. The average Bonchev–Trinajstić information content (AvgIpc) is 2.39. The molecule has 0 radical (unpaired) electrons. The molecule has 106 valence electrons. The van der Waals surface area contributed by atoms with Crippen molar-refractivity contribution >= 4 is 17.3 Å². The Balaban J connectivity index is 2.24. The molecule has 1 heterocycles. The molecule has 0 aliphatic carbocycles. The number of hydrogen-bond acceptors (Lipinski definition) is 4. The van der Waals surface area contributed by atoms with Crippen molar-refractivity contribution in [2.45, 2.75) is 32.0 Å². The summed E-state index contributed by atoms with van der Waals surface area (Å²) in [5.41, 5.74) is 7.85. The SMILES string of the molecule is CC1COC(CO)CN1c1ccc([C@H](C)N)cc1Cl. The first-order valence-corrected chi connectivity index (χ1v) is 6.95. The van der Waals surface area contributed by atoms with Crippen LogP contribution < -0.4 is 10.6 Å². The molecule has 1 aromatic rings. The molecule has 0 aromatic heterocycles. The van der Waals surface area contributed by atoms with Gasteiger partial charge in [0, 0.05) is 18.6 Å². The number of morpholine rings is 1. The Morgan fingerprint density at radius 2 is 2.32 bits per heavy atom. The third-order valence-corrected chi connectivity index (χ3v) is 3.82. The van der Waals surface area contributed by atoms with E-state index in [0.717, 1.165) is 11.3 Å². The van der Waals surface area contributed by atoms with Crippen molar-refractivity contribution in [3.63, 3.8) is 0 Å². The van der Waals surface area contributed by atoms with Gasteiger partial charge in [-0.15, -0.1) is 0 Å². The third kappa shape index (κ3) is 3.20. The maximum absolute atomic E-state index is 9.23. The lowest BCUT2D eigenvalue weighted by molar-refractivity contribution is -0.0103. The van der Waals surface area contributed by atoms with E-state index in [1.54, 1.807) is 0 Å². The van der Waals surface area contributed by atoms with Crippen molar-refractivity contribution in [3.8, 4) is 0 Å². The van der Waals surface area contributed by atoms with Crippen LogP contribution in [0.4, 0.5) is 5.69 Å². The van der Waals surface area contributed by atoms with Crippen molar-refractivity contribution in [2.24, 2.45) is 5.73 Å². The van der Waals surface area contributed by atoms with Crippen LogP contribution in [0.25, 0.3) is 0 Å². The van der Waals surface area contributed by atoms with E-state index in [9.17, 15) is 5.11 Å². The molecule has 5 heteroatoms. The van der Waals surface area contributed by atoms with Crippen molar-refractivity contribution in [3.05, 3.63) is 28.8 Å². The molecule has 0 saturated carbocycles. The Morgan fingerprint density at radius 1 is 1.58 bits per heavy atom. The number of aliphatic hydroxyl groups is 1. The third-order valence-electron chi connectivity index (χ3n) is 3.52. The molecule has 0 bridgehead atoms. The molecule has 0 spiro atoms. The molecule has 2 rings (SSSR count). The molecule has 3 atom stereocenters. The summed E-state index contributed by atoms with van der Waals surface area (Å²) in [7, 11) is 0. The second-order valence-corrected chi connectivity index (χ2v) is 5.55. The molecule has 1 aromatic carbocycles. The Labute approximate surface area is 119 Å². The summed E-state index contributed by atoms with van der Waals surface area (Å²) in [6.07, 6.45) is -0.152. The molecule has 1 aliphatic rings. The van der Waals surface area contributed by atoms with Gasteiger partial charge in [-0.2, -0.15) is 0 Å². The lowest BCUT2D eigenvalue weighted by Crippen LogP contribution is -2.49. The van der Waals surface area contributed by atoms with Crippen LogP contribution in [0.2, 0.25) is 5.02 Å². The Hall–Kier alpha value is -0.810. The highest BCUT2D eigenvalue weighted by Gasteiger charge is 2.27. The van der Waals surface area contributed by atoms with E-state index in [-0.39, 0.29) is 24.8 Å². The van der Waals surface area contributed by atoms with E-state index in [0.29, 0.717) is 18.2 Å². The smallest absolute Gasteiger partial charge is 0.0981 e. The van der Waals surface area contributed by atoms with E-state index in [1.807, 2.05) is 25.1 Å². The lowest BCUT2D eigenvalue weighted by Gasteiger charge is -2.39. The molecular weight excluding hydrogens is 264 g/mol. The van der Waals surface area contributed by atoms with Gasteiger partial charge in [0.25, 0.3) is 0 Å². The van der Waals surface area contributed by atoms with Crippen LogP contribution in [0.3, 0.4) is 0 Å². The van der Waals surface area contributed by atoms with Gasteiger partial charge in [0.1, 0.15) is 0 Å². The summed E-state index contributed by atoms with van der Waals surface area (Å²) in [5, 5.41) is 9.92. The average molecular weight is 285 g/mol. The van der Waals surface area contributed by atoms with Crippen molar-refractivity contribution in [1.82, 2.24) is 0 Å². The monoisotopic (exact) mass is 284 g/mol. The molecule has 1 aliphatic heterocycles. The Kier molecular flexibility index (Phi) is 4.68. The zero-order valence-electron chi connectivity index (χ0n) is 11.3. The van der Waals surface area contributed by atoms with E-state index >= 15 is 0 Å². The maximum Gasteiger partial charge on any atom is 0.0981 e. The number of halogens is 1. The van der Waals surface area contributed by atoms with E-state index < -0.39 is 0 Å². The number of ether oxygens (including phenoxy) is 1. The maximum atomic E-state index is 9.23. The van der Waals surface area contributed by atoms with Gasteiger partial charge in [0.2, 0.25) is 0 Å². The topological polar surface area (TPSA) is 58.7 Å². The summed E-state index contributed by atoms with van der Waals surface area (Å²) in [4.78, 5) is 2.18. The highest BCUT2D eigenvalue weighted by Crippen LogP contribution is 2.31. The van der Waals surface area contributed by atoms with Crippen molar-refractivity contribution < 1.29 is 9.84 Å². The minimum Gasteiger partial charge on any atom is -0.394 e. The van der Waals surface area contributed by atoms with E-state index in [4.69, 9.17) is 22.1 Å². The number of nitrogens with zero attached hydrogens (tertiary/aromatic N) is 1. The number of aliphatic hydroxyl groups excluding tert-OH is 1. The number of anilines is 1. The Morgan fingerprint density at radius 3 is 2.89 bits per heavy atom. The molecule has 0 amide bonds. The zero-order chi connectivity index (χ0) is 14.0. The molecule has 3 N–H and O–H groups in total. The van der Waals surface area contributed by atoms with Crippen molar-refractivity contribution in [1.29, 1.82) is 0 Å². The summed E-state index contributed by atoms with van der Waals surface area (Å²) >= 11 is 6.36. The normalized spacial score (nSPS) is 25.4. The van der Waals surface area contributed by atoms with E-state index in [1.165, 1.54) is 0 Å². The Bertz CT molecular complexity index is 439. The van der Waals surface area contributed by atoms with Gasteiger partial charge in [-0.3, -0.25) is 0 Å². The van der Waals surface area contributed by atoms with Crippen LogP contribution in [0.1, 0.15) is 25.5 Å².